The van der Waals surface area contributed by atoms with Crippen molar-refractivity contribution in [1.29, 1.82) is 0 Å². The quantitative estimate of drug-likeness (QED) is 0.624. The van der Waals surface area contributed by atoms with Crippen LogP contribution in [0.3, 0.4) is 0 Å². The molecule has 0 saturated carbocycles. The van der Waals surface area contributed by atoms with E-state index in [-0.39, 0.29) is 24.7 Å². The fraction of sp³-hybridized carbons (Fsp3) is 0.385. The summed E-state index contributed by atoms with van der Waals surface area (Å²) in [7, 11) is -4.58. The van der Waals surface area contributed by atoms with Gasteiger partial charge in [-0.05, 0) is 31.2 Å². The van der Waals surface area contributed by atoms with Gasteiger partial charge in [0.15, 0.2) is 5.78 Å². The molecule has 0 N–H and O–H groups in total. The first-order chi connectivity index (χ1) is 9.26. The van der Waals surface area contributed by atoms with E-state index in [9.17, 15) is 21.9 Å². The molecule has 0 bridgehead atoms. The number of anilines is 1. The van der Waals surface area contributed by atoms with Crippen LogP contribution in [-0.4, -0.2) is 32.4 Å². The molecule has 0 radical (unpaired) electrons. The lowest BCUT2D eigenvalue weighted by molar-refractivity contribution is -0.117. The van der Waals surface area contributed by atoms with Crippen LogP contribution in [0.2, 0.25) is 0 Å². The smallest absolute Gasteiger partial charge is 0.302 e. The summed E-state index contributed by atoms with van der Waals surface area (Å²) >= 11 is 0. The number of benzene rings is 1. The van der Waals surface area contributed by atoms with E-state index in [4.69, 9.17) is 0 Å². The lowest BCUT2D eigenvalue weighted by Crippen LogP contribution is -2.25. The summed E-state index contributed by atoms with van der Waals surface area (Å²) in [5.74, 6) is -1.49. The van der Waals surface area contributed by atoms with Crippen LogP contribution in [0.4, 0.5) is 9.57 Å². The van der Waals surface area contributed by atoms with E-state index in [0.29, 0.717) is 11.3 Å². The Morgan fingerprint density at radius 3 is 2.45 bits per heavy atom. The number of Topliss-reactive ketones (excluding diaryl/α,β-unsaturated/α-hetero) is 1. The summed E-state index contributed by atoms with van der Waals surface area (Å²) in [5, 5.41) is 0. The molecular weight excluding hydrogens is 285 g/mol. The third-order valence-corrected chi connectivity index (χ3v) is 4.09. The maximum Gasteiger partial charge on any atom is 0.302 e. The van der Waals surface area contributed by atoms with Gasteiger partial charge in [0, 0.05) is 30.1 Å². The van der Waals surface area contributed by atoms with Crippen LogP contribution in [0.5, 0.6) is 0 Å². The SMILES string of the molecule is CC(=O)c1ccc(N2CC(CS(=O)(=O)F)CC2=O)cc1. The fourth-order valence-electron chi connectivity index (χ4n) is 2.30. The molecule has 1 amide bonds. The molecule has 2 rings (SSSR count). The highest BCUT2D eigenvalue weighted by molar-refractivity contribution is 7.86. The Bertz CT molecular complexity index is 639. The van der Waals surface area contributed by atoms with Crippen molar-refractivity contribution in [3.8, 4) is 0 Å². The average molecular weight is 299 g/mol. The maximum atomic E-state index is 12.6. The molecule has 108 valence electrons. The predicted octanol–water partition coefficient (Wildman–Crippen LogP) is 1.54. The van der Waals surface area contributed by atoms with Gasteiger partial charge in [-0.25, -0.2) is 0 Å². The van der Waals surface area contributed by atoms with E-state index < -0.39 is 21.9 Å². The monoisotopic (exact) mass is 299 g/mol. The molecular formula is C13H14FNO4S. The third kappa shape index (κ3) is 3.41. The van der Waals surface area contributed by atoms with Crippen molar-refractivity contribution in [3.63, 3.8) is 0 Å². The van der Waals surface area contributed by atoms with Crippen LogP contribution in [0.1, 0.15) is 23.7 Å². The molecule has 5 nitrogen and oxygen atoms in total. The number of carbonyl (C=O) groups excluding carboxylic acids is 2. The molecule has 1 atom stereocenters. The van der Waals surface area contributed by atoms with Gasteiger partial charge in [-0.3, -0.25) is 9.59 Å². The van der Waals surface area contributed by atoms with Crippen LogP contribution in [0.25, 0.3) is 0 Å². The van der Waals surface area contributed by atoms with E-state index >= 15 is 0 Å². The lowest BCUT2D eigenvalue weighted by atomic mass is 10.1. The molecule has 7 heteroatoms. The van der Waals surface area contributed by atoms with Crippen molar-refractivity contribution in [1.82, 2.24) is 0 Å². The van der Waals surface area contributed by atoms with Crippen LogP contribution < -0.4 is 4.90 Å². The summed E-state index contributed by atoms with van der Waals surface area (Å²) in [5.41, 5.74) is 1.11. The second-order valence-electron chi connectivity index (χ2n) is 4.88. The van der Waals surface area contributed by atoms with Gasteiger partial charge in [0.1, 0.15) is 0 Å². The largest absolute Gasteiger partial charge is 0.312 e. The van der Waals surface area contributed by atoms with Crippen molar-refractivity contribution in [2.24, 2.45) is 5.92 Å². The number of carbonyl (C=O) groups is 2. The van der Waals surface area contributed by atoms with Crippen molar-refractivity contribution in [2.45, 2.75) is 13.3 Å². The van der Waals surface area contributed by atoms with Gasteiger partial charge < -0.3 is 4.90 Å². The Morgan fingerprint density at radius 2 is 1.95 bits per heavy atom. The minimum Gasteiger partial charge on any atom is -0.312 e. The zero-order valence-electron chi connectivity index (χ0n) is 10.9. The summed E-state index contributed by atoms with van der Waals surface area (Å²) in [6.45, 7) is 1.61. The molecule has 1 aromatic carbocycles. The molecule has 1 heterocycles. The number of hydrogen-bond acceptors (Lipinski definition) is 4. The Kier molecular flexibility index (Phi) is 3.89. The van der Waals surface area contributed by atoms with Crippen LogP contribution in [0.15, 0.2) is 24.3 Å². The Morgan fingerprint density at radius 1 is 1.35 bits per heavy atom. The molecule has 1 aliphatic rings. The summed E-state index contributed by atoms with van der Waals surface area (Å²) < 4.78 is 33.9. The van der Waals surface area contributed by atoms with E-state index in [1.807, 2.05) is 0 Å². The molecule has 1 aliphatic heterocycles. The Labute approximate surface area is 116 Å². The first kappa shape index (κ1) is 14.6. The van der Waals surface area contributed by atoms with Gasteiger partial charge >= 0.3 is 10.2 Å². The standard InChI is InChI=1S/C13H14FNO4S/c1-9(16)11-2-4-12(5-3-11)15-7-10(6-13(15)17)8-20(14,18)19/h2-5,10H,6-8H2,1H3. The molecule has 1 unspecified atom stereocenters. The van der Waals surface area contributed by atoms with E-state index in [2.05, 4.69) is 0 Å². The molecule has 0 aliphatic carbocycles. The zero-order valence-corrected chi connectivity index (χ0v) is 11.7. The summed E-state index contributed by atoms with van der Waals surface area (Å²) in [6.07, 6.45) is 0.0115. The molecule has 0 spiro atoms. The summed E-state index contributed by atoms with van der Waals surface area (Å²) in [6, 6.07) is 6.45. The molecule has 20 heavy (non-hydrogen) atoms. The molecule has 1 saturated heterocycles. The van der Waals surface area contributed by atoms with Gasteiger partial charge in [0.25, 0.3) is 0 Å². The van der Waals surface area contributed by atoms with Gasteiger partial charge in [0.05, 0.1) is 5.75 Å². The Balaban J connectivity index is 2.13. The number of halogens is 1. The number of rotatable bonds is 4. The number of nitrogens with zero attached hydrogens (tertiary/aromatic N) is 1. The normalized spacial score (nSPS) is 19.4. The first-order valence-electron chi connectivity index (χ1n) is 6.10. The van der Waals surface area contributed by atoms with Crippen molar-refractivity contribution >= 4 is 27.6 Å². The van der Waals surface area contributed by atoms with E-state index in [1.54, 1.807) is 24.3 Å². The second-order valence-corrected chi connectivity index (χ2v) is 6.29. The molecule has 1 fully saturated rings. The highest BCUT2D eigenvalue weighted by Gasteiger charge is 2.33. The fourth-order valence-corrected chi connectivity index (χ4v) is 3.09. The number of amides is 1. The maximum absolute atomic E-state index is 12.6. The topological polar surface area (TPSA) is 71.5 Å². The van der Waals surface area contributed by atoms with Crippen molar-refractivity contribution in [3.05, 3.63) is 29.8 Å². The number of hydrogen-bond donors (Lipinski definition) is 0. The van der Waals surface area contributed by atoms with Gasteiger partial charge in [-0.1, -0.05) is 0 Å². The van der Waals surface area contributed by atoms with Crippen LogP contribution in [0, 0.1) is 5.92 Å². The third-order valence-electron chi connectivity index (χ3n) is 3.23. The minimum atomic E-state index is -4.58. The van der Waals surface area contributed by atoms with Crippen LogP contribution >= 0.6 is 0 Å². The van der Waals surface area contributed by atoms with Gasteiger partial charge in [0.2, 0.25) is 5.91 Å². The summed E-state index contributed by atoms with van der Waals surface area (Å²) in [4.78, 5) is 24.4. The predicted molar refractivity (Wildman–Crippen MR) is 71.8 cm³/mol. The zero-order chi connectivity index (χ0) is 14.9. The van der Waals surface area contributed by atoms with Crippen LogP contribution in [-0.2, 0) is 15.0 Å². The molecule has 0 aromatic heterocycles. The van der Waals surface area contributed by atoms with Crippen molar-refractivity contribution < 1.29 is 21.9 Å². The lowest BCUT2D eigenvalue weighted by Gasteiger charge is -2.16. The van der Waals surface area contributed by atoms with Gasteiger partial charge in [-0.15, -0.1) is 3.89 Å². The average Bonchev–Trinajstić information content (AvgIpc) is 2.67. The highest BCUT2D eigenvalue weighted by Crippen LogP contribution is 2.26. The van der Waals surface area contributed by atoms with E-state index in [1.165, 1.54) is 11.8 Å². The first-order valence-corrected chi connectivity index (χ1v) is 7.65. The number of ketones is 1. The minimum absolute atomic E-state index is 0.0115. The second kappa shape index (κ2) is 5.32. The Hall–Kier alpha value is -1.76. The van der Waals surface area contributed by atoms with Gasteiger partial charge in [-0.2, -0.15) is 8.42 Å². The van der Waals surface area contributed by atoms with E-state index in [0.717, 1.165) is 0 Å². The van der Waals surface area contributed by atoms with Crippen molar-refractivity contribution in [2.75, 3.05) is 17.2 Å². The highest BCUT2D eigenvalue weighted by atomic mass is 32.3. The molecule has 1 aromatic rings.